The lowest BCUT2D eigenvalue weighted by Gasteiger charge is -2.06. The van der Waals surface area contributed by atoms with Gasteiger partial charge in [0.2, 0.25) is 0 Å². The Hall–Kier alpha value is -3.20. The van der Waals surface area contributed by atoms with Gasteiger partial charge in [-0.1, -0.05) is 17.7 Å². The van der Waals surface area contributed by atoms with Gasteiger partial charge in [0, 0.05) is 30.0 Å². The fourth-order valence-electron chi connectivity index (χ4n) is 2.54. The van der Waals surface area contributed by atoms with Crippen molar-refractivity contribution in [1.29, 1.82) is 0 Å². The Morgan fingerprint density at radius 2 is 2.04 bits per heavy atom. The average Bonchev–Trinajstić information content (AvgIpc) is 3.13. The molecule has 1 amide bonds. The minimum Gasteiger partial charge on any atom is -0.476 e. The molecule has 0 aliphatic carbocycles. The first-order valence-electron chi connectivity index (χ1n) is 7.81. The number of benzene rings is 1. The number of carboxylic acid groups (broad SMARTS) is 1. The predicted molar refractivity (Wildman–Crippen MR) is 95.6 cm³/mol. The molecule has 10 heteroatoms. The summed E-state index contributed by atoms with van der Waals surface area (Å²) in [5.74, 6) is -2.12. The Labute approximate surface area is 158 Å². The first kappa shape index (κ1) is 18.6. The first-order valence-corrected chi connectivity index (χ1v) is 8.19. The number of hydrogen-bond donors (Lipinski definition) is 2. The highest BCUT2D eigenvalue weighted by Crippen LogP contribution is 2.20. The second-order valence-electron chi connectivity index (χ2n) is 5.89. The van der Waals surface area contributed by atoms with E-state index < -0.39 is 17.7 Å². The normalized spacial score (nSPS) is 10.8. The minimum atomic E-state index is -1.30. The number of carbonyl (C=O) groups excluding carboxylic acids is 1. The van der Waals surface area contributed by atoms with Crippen molar-refractivity contribution in [2.75, 3.05) is 5.32 Å². The number of amides is 1. The summed E-state index contributed by atoms with van der Waals surface area (Å²) in [6.45, 7) is 2.07. The molecule has 8 nitrogen and oxygen atoms in total. The summed E-state index contributed by atoms with van der Waals surface area (Å²) in [4.78, 5) is 23.6. The van der Waals surface area contributed by atoms with Gasteiger partial charge in [0.15, 0.2) is 11.5 Å². The molecule has 2 N–H and O–H groups in total. The molecule has 0 bridgehead atoms. The summed E-state index contributed by atoms with van der Waals surface area (Å²) in [6.07, 6.45) is 1.32. The monoisotopic (exact) mass is 391 g/mol. The van der Waals surface area contributed by atoms with Gasteiger partial charge in [-0.25, -0.2) is 9.18 Å². The van der Waals surface area contributed by atoms with E-state index in [4.69, 9.17) is 16.7 Å². The van der Waals surface area contributed by atoms with Crippen molar-refractivity contribution in [2.24, 2.45) is 7.05 Å². The van der Waals surface area contributed by atoms with Gasteiger partial charge in [0.1, 0.15) is 5.82 Å². The van der Waals surface area contributed by atoms with Crippen LogP contribution < -0.4 is 5.32 Å². The number of anilines is 1. The molecule has 3 rings (SSSR count). The summed E-state index contributed by atoms with van der Waals surface area (Å²) in [6, 6.07) is 5.71. The quantitative estimate of drug-likeness (QED) is 0.696. The fourth-order valence-corrected chi connectivity index (χ4v) is 2.77. The van der Waals surface area contributed by atoms with E-state index in [1.54, 1.807) is 23.7 Å². The SMILES string of the molecule is Cc1cc(NC(=O)c2cn(C)nc2C(=O)O)nn1Cc1ccc(F)cc1Cl. The van der Waals surface area contributed by atoms with Gasteiger partial charge < -0.3 is 10.4 Å². The molecule has 140 valence electrons. The molecule has 0 saturated heterocycles. The maximum Gasteiger partial charge on any atom is 0.357 e. The molecule has 0 atom stereocenters. The van der Waals surface area contributed by atoms with Crippen LogP contribution in [0, 0.1) is 12.7 Å². The second kappa shape index (κ2) is 7.20. The molecule has 2 heterocycles. The number of hydrogen-bond acceptors (Lipinski definition) is 4. The van der Waals surface area contributed by atoms with E-state index in [9.17, 15) is 14.0 Å². The van der Waals surface area contributed by atoms with Crippen LogP contribution in [0.3, 0.4) is 0 Å². The van der Waals surface area contributed by atoms with Crippen molar-refractivity contribution in [2.45, 2.75) is 13.5 Å². The lowest BCUT2D eigenvalue weighted by Crippen LogP contribution is -2.16. The van der Waals surface area contributed by atoms with Gasteiger partial charge in [-0.3, -0.25) is 14.2 Å². The average molecular weight is 392 g/mol. The van der Waals surface area contributed by atoms with E-state index in [1.807, 2.05) is 0 Å². The maximum absolute atomic E-state index is 13.2. The molecule has 0 saturated carbocycles. The zero-order chi connectivity index (χ0) is 19.7. The van der Waals surface area contributed by atoms with Crippen molar-refractivity contribution >= 4 is 29.3 Å². The lowest BCUT2D eigenvalue weighted by molar-refractivity contribution is 0.0685. The van der Waals surface area contributed by atoms with E-state index in [1.165, 1.54) is 30.1 Å². The second-order valence-corrected chi connectivity index (χ2v) is 6.30. The highest BCUT2D eigenvalue weighted by Gasteiger charge is 2.22. The van der Waals surface area contributed by atoms with Crippen LogP contribution in [0.25, 0.3) is 0 Å². The van der Waals surface area contributed by atoms with Crippen LogP contribution in [-0.4, -0.2) is 36.5 Å². The Bertz CT molecular complexity index is 1040. The lowest BCUT2D eigenvalue weighted by atomic mass is 10.2. The van der Waals surface area contributed by atoms with Crippen molar-refractivity contribution in [3.63, 3.8) is 0 Å². The smallest absolute Gasteiger partial charge is 0.357 e. The number of rotatable bonds is 5. The summed E-state index contributed by atoms with van der Waals surface area (Å²) < 4.78 is 16.0. The van der Waals surface area contributed by atoms with Gasteiger partial charge in [0.25, 0.3) is 5.91 Å². The molecule has 0 radical (unpaired) electrons. The van der Waals surface area contributed by atoms with Crippen LogP contribution in [0.1, 0.15) is 32.1 Å². The van der Waals surface area contributed by atoms with Crippen LogP contribution in [0.4, 0.5) is 10.2 Å². The molecular weight excluding hydrogens is 377 g/mol. The summed E-state index contributed by atoms with van der Waals surface area (Å²) in [5.41, 5.74) is 0.987. The van der Waals surface area contributed by atoms with Crippen LogP contribution in [0.5, 0.6) is 0 Å². The van der Waals surface area contributed by atoms with Crippen LogP contribution in [-0.2, 0) is 13.6 Å². The number of nitrogens with zero attached hydrogens (tertiary/aromatic N) is 4. The number of aryl methyl sites for hydroxylation is 2. The van der Waals surface area contributed by atoms with Crippen LogP contribution >= 0.6 is 11.6 Å². The van der Waals surface area contributed by atoms with Gasteiger partial charge in [-0.2, -0.15) is 10.2 Å². The molecular formula is C17H15ClFN5O3. The Morgan fingerprint density at radius 3 is 2.70 bits per heavy atom. The van der Waals surface area contributed by atoms with Crippen molar-refractivity contribution in [3.05, 3.63) is 63.8 Å². The number of nitrogens with one attached hydrogen (secondary N) is 1. The zero-order valence-electron chi connectivity index (χ0n) is 14.4. The number of carboxylic acids is 1. The third-order valence-electron chi connectivity index (χ3n) is 3.83. The van der Waals surface area contributed by atoms with E-state index in [2.05, 4.69) is 15.5 Å². The third kappa shape index (κ3) is 3.98. The van der Waals surface area contributed by atoms with E-state index in [0.717, 1.165) is 5.69 Å². The van der Waals surface area contributed by atoms with Gasteiger partial charge in [-0.05, 0) is 24.6 Å². The Morgan fingerprint density at radius 1 is 1.30 bits per heavy atom. The molecule has 0 fully saturated rings. The highest BCUT2D eigenvalue weighted by atomic mass is 35.5. The Balaban J connectivity index is 1.80. The summed E-state index contributed by atoms with van der Waals surface area (Å²) in [7, 11) is 1.52. The van der Waals surface area contributed by atoms with Crippen molar-refractivity contribution in [1.82, 2.24) is 19.6 Å². The molecule has 0 aliphatic heterocycles. The molecule has 0 spiro atoms. The number of carbonyl (C=O) groups is 2. The standard InChI is InChI=1S/C17H15ClFN5O3/c1-9-5-14(20-16(25)12-8-23(2)22-15(12)17(26)27)21-24(9)7-10-3-4-11(19)6-13(10)18/h3-6,8H,7H2,1-2H3,(H,26,27)(H,20,21,25). The van der Waals surface area contributed by atoms with Gasteiger partial charge in [-0.15, -0.1) is 0 Å². The number of halogens is 2. The third-order valence-corrected chi connectivity index (χ3v) is 4.19. The molecule has 1 aromatic carbocycles. The summed E-state index contributed by atoms with van der Waals surface area (Å²) in [5, 5.41) is 20.0. The summed E-state index contributed by atoms with van der Waals surface area (Å²) >= 11 is 6.04. The van der Waals surface area contributed by atoms with Crippen molar-refractivity contribution in [3.8, 4) is 0 Å². The number of aromatic nitrogens is 4. The first-order chi connectivity index (χ1) is 12.7. The fraction of sp³-hybridized carbons (Fsp3) is 0.176. The largest absolute Gasteiger partial charge is 0.476 e. The van der Waals surface area contributed by atoms with E-state index in [-0.39, 0.29) is 28.6 Å². The van der Waals surface area contributed by atoms with E-state index in [0.29, 0.717) is 5.56 Å². The molecule has 2 aromatic heterocycles. The zero-order valence-corrected chi connectivity index (χ0v) is 15.2. The molecule has 3 aromatic rings. The van der Waals surface area contributed by atoms with E-state index >= 15 is 0 Å². The predicted octanol–water partition coefficient (Wildman–Crippen LogP) is 2.72. The molecule has 0 unspecified atom stereocenters. The highest BCUT2D eigenvalue weighted by molar-refractivity contribution is 6.31. The van der Waals surface area contributed by atoms with Crippen LogP contribution in [0.15, 0.2) is 30.5 Å². The van der Waals surface area contributed by atoms with Crippen LogP contribution in [0.2, 0.25) is 5.02 Å². The maximum atomic E-state index is 13.2. The minimum absolute atomic E-state index is 0.0706. The number of aromatic carboxylic acids is 1. The molecule has 27 heavy (non-hydrogen) atoms. The van der Waals surface area contributed by atoms with Gasteiger partial charge in [0.05, 0.1) is 12.1 Å². The van der Waals surface area contributed by atoms with Crippen molar-refractivity contribution < 1.29 is 19.1 Å². The topological polar surface area (TPSA) is 102 Å². The molecule has 0 aliphatic rings. The Kier molecular flexibility index (Phi) is 4.95. The van der Waals surface area contributed by atoms with Gasteiger partial charge >= 0.3 is 5.97 Å².